The van der Waals surface area contributed by atoms with Crippen molar-refractivity contribution >= 4 is 16.6 Å². The van der Waals surface area contributed by atoms with Crippen molar-refractivity contribution in [2.45, 2.75) is 111 Å². The van der Waals surface area contributed by atoms with Gasteiger partial charge in [-0.3, -0.25) is 0 Å². The van der Waals surface area contributed by atoms with Gasteiger partial charge in [0.05, 0.1) is 35.1 Å². The summed E-state index contributed by atoms with van der Waals surface area (Å²) in [5, 5.41) is 0. The van der Waals surface area contributed by atoms with Crippen LogP contribution >= 0.6 is 0 Å². The standard InChI is InChI=1S/C36H48N2O/c1-21(2)27-22-14-15-34(6)26(35(22,7)30-29(27)37-24-10-8-9-11-25(24)38-30)13-12-23-28-31-32(3,4)16-18-36(28,20-39-31)19-17-33(23,34)5/h8-11,21,23,26,28,31H,12-20H2,1-7H3/t23-,26+,28+,31-,33-,34-,35+,36-/m1/s1. The Morgan fingerprint density at radius 3 is 2.31 bits per heavy atom. The van der Waals surface area contributed by atoms with E-state index in [2.05, 4.69) is 72.7 Å². The average molecular weight is 525 g/mol. The van der Waals surface area contributed by atoms with Gasteiger partial charge >= 0.3 is 0 Å². The van der Waals surface area contributed by atoms with Crippen LogP contribution in [0.5, 0.6) is 0 Å². The molecule has 0 unspecified atom stereocenters. The van der Waals surface area contributed by atoms with E-state index in [1.165, 1.54) is 68.3 Å². The first-order valence-electron chi connectivity index (χ1n) is 16.1. The number of fused-ring (bicyclic) bond motifs is 8. The second kappa shape index (κ2) is 7.55. The Balaban J connectivity index is 1.28. The van der Waals surface area contributed by atoms with Gasteiger partial charge in [0.1, 0.15) is 0 Å². The highest BCUT2D eigenvalue weighted by Crippen LogP contribution is 2.77. The Labute approximate surface area is 235 Å². The number of para-hydroxylation sites is 2. The highest BCUT2D eigenvalue weighted by molar-refractivity contribution is 5.84. The maximum absolute atomic E-state index is 6.78. The molecule has 8 atom stereocenters. The van der Waals surface area contributed by atoms with Crippen molar-refractivity contribution in [2.75, 3.05) is 6.61 Å². The predicted octanol–water partition coefficient (Wildman–Crippen LogP) is 8.76. The van der Waals surface area contributed by atoms with Gasteiger partial charge in [-0.1, -0.05) is 59.2 Å². The molecular weight excluding hydrogens is 476 g/mol. The van der Waals surface area contributed by atoms with E-state index in [9.17, 15) is 0 Å². The largest absolute Gasteiger partial charge is 0.377 e. The molecular formula is C36H48N2O. The van der Waals surface area contributed by atoms with Gasteiger partial charge in [0, 0.05) is 5.41 Å². The Hall–Kier alpha value is -1.74. The van der Waals surface area contributed by atoms with E-state index in [0.29, 0.717) is 39.6 Å². The van der Waals surface area contributed by atoms with E-state index < -0.39 is 0 Å². The third-order valence-electron chi connectivity index (χ3n) is 14.3. The van der Waals surface area contributed by atoms with Gasteiger partial charge < -0.3 is 4.74 Å². The van der Waals surface area contributed by atoms with Crippen molar-refractivity contribution in [1.82, 2.24) is 9.97 Å². The van der Waals surface area contributed by atoms with Crippen LogP contribution in [0.15, 0.2) is 29.8 Å². The molecule has 1 aliphatic heterocycles. The lowest BCUT2D eigenvalue weighted by atomic mass is 9.34. The molecule has 8 rings (SSSR count). The summed E-state index contributed by atoms with van der Waals surface area (Å²) in [5.74, 6) is 2.61. The second-order valence-electron chi connectivity index (χ2n) is 16.3. The van der Waals surface area contributed by atoms with Gasteiger partial charge in [0.15, 0.2) is 0 Å². The lowest BCUT2D eigenvalue weighted by Gasteiger charge is -2.70. The molecule has 2 bridgehead atoms. The number of benzene rings is 1. The van der Waals surface area contributed by atoms with Crippen LogP contribution < -0.4 is 0 Å². The number of rotatable bonds is 1. The molecule has 0 radical (unpaired) electrons. The summed E-state index contributed by atoms with van der Waals surface area (Å²) in [5.41, 5.74) is 9.23. The molecule has 39 heavy (non-hydrogen) atoms. The third-order valence-corrected chi connectivity index (χ3v) is 14.3. The number of ether oxygens (including phenoxy) is 1. The van der Waals surface area contributed by atoms with Crippen molar-refractivity contribution in [3.63, 3.8) is 0 Å². The van der Waals surface area contributed by atoms with Crippen LogP contribution in [0.2, 0.25) is 0 Å². The van der Waals surface area contributed by atoms with E-state index in [-0.39, 0.29) is 5.41 Å². The normalized spacial score (nSPS) is 45.5. The highest BCUT2D eigenvalue weighted by Gasteiger charge is 2.72. The van der Waals surface area contributed by atoms with Crippen LogP contribution in [0.25, 0.3) is 16.6 Å². The molecule has 5 aliphatic carbocycles. The van der Waals surface area contributed by atoms with E-state index in [1.54, 1.807) is 5.57 Å². The molecule has 1 saturated heterocycles. The van der Waals surface area contributed by atoms with Crippen molar-refractivity contribution in [2.24, 2.45) is 45.3 Å². The molecule has 0 N–H and O–H groups in total. The topological polar surface area (TPSA) is 35.0 Å². The Morgan fingerprint density at radius 1 is 0.846 bits per heavy atom. The van der Waals surface area contributed by atoms with E-state index >= 15 is 0 Å². The zero-order chi connectivity index (χ0) is 27.2. The maximum atomic E-state index is 6.78. The molecule has 3 nitrogen and oxygen atoms in total. The van der Waals surface area contributed by atoms with Gasteiger partial charge in [-0.05, 0) is 121 Å². The molecule has 4 saturated carbocycles. The number of aromatic nitrogens is 2. The Bertz CT molecular complexity index is 1420. The summed E-state index contributed by atoms with van der Waals surface area (Å²) in [6.45, 7) is 18.8. The van der Waals surface area contributed by atoms with Gasteiger partial charge in [-0.15, -0.1) is 0 Å². The van der Waals surface area contributed by atoms with E-state index in [1.807, 2.05) is 0 Å². The molecule has 2 aromatic rings. The van der Waals surface area contributed by atoms with Gasteiger partial charge in [-0.25, -0.2) is 9.97 Å². The van der Waals surface area contributed by atoms with Crippen molar-refractivity contribution in [1.29, 1.82) is 0 Å². The molecule has 0 amide bonds. The average Bonchev–Trinajstić information content (AvgIpc) is 3.36. The van der Waals surface area contributed by atoms with Gasteiger partial charge in [-0.2, -0.15) is 0 Å². The zero-order valence-electron chi connectivity index (χ0n) is 25.4. The van der Waals surface area contributed by atoms with Gasteiger partial charge in [0.25, 0.3) is 0 Å². The van der Waals surface area contributed by atoms with Crippen LogP contribution in [0.4, 0.5) is 0 Å². The molecule has 0 spiro atoms. The van der Waals surface area contributed by atoms with Crippen LogP contribution in [-0.4, -0.2) is 22.7 Å². The van der Waals surface area contributed by atoms with Crippen LogP contribution in [0.3, 0.4) is 0 Å². The predicted molar refractivity (Wildman–Crippen MR) is 158 cm³/mol. The third kappa shape index (κ3) is 2.80. The minimum atomic E-state index is -0.0105. The summed E-state index contributed by atoms with van der Waals surface area (Å²) in [6, 6.07) is 8.54. The summed E-state index contributed by atoms with van der Waals surface area (Å²) in [7, 11) is 0. The molecule has 1 aromatic heterocycles. The zero-order valence-corrected chi connectivity index (χ0v) is 25.4. The molecule has 6 aliphatic rings. The first-order chi connectivity index (χ1) is 18.5. The number of nitrogens with zero attached hydrogens (tertiary/aromatic N) is 2. The summed E-state index contributed by atoms with van der Waals surface area (Å²) >= 11 is 0. The fraction of sp³-hybridized carbons (Fsp3) is 0.722. The van der Waals surface area contributed by atoms with Gasteiger partial charge in [0.2, 0.25) is 0 Å². The quantitative estimate of drug-likeness (QED) is 0.374. The molecule has 1 aromatic carbocycles. The van der Waals surface area contributed by atoms with Crippen molar-refractivity contribution in [3.05, 3.63) is 41.2 Å². The Kier molecular flexibility index (Phi) is 4.84. The number of hydrogen-bond donors (Lipinski definition) is 0. The van der Waals surface area contributed by atoms with Crippen molar-refractivity contribution < 1.29 is 4.74 Å². The number of allylic oxidation sites excluding steroid dienone is 2. The maximum Gasteiger partial charge on any atom is 0.0896 e. The second-order valence-corrected chi connectivity index (χ2v) is 16.3. The summed E-state index contributed by atoms with van der Waals surface area (Å²) < 4.78 is 6.78. The summed E-state index contributed by atoms with van der Waals surface area (Å²) in [6.07, 6.45) is 11.1. The van der Waals surface area contributed by atoms with Crippen LogP contribution in [0.1, 0.15) is 111 Å². The Morgan fingerprint density at radius 2 is 1.56 bits per heavy atom. The van der Waals surface area contributed by atoms with E-state index in [4.69, 9.17) is 14.7 Å². The first-order valence-corrected chi connectivity index (χ1v) is 16.1. The van der Waals surface area contributed by atoms with Crippen LogP contribution in [-0.2, 0) is 10.2 Å². The highest BCUT2D eigenvalue weighted by atomic mass is 16.5. The monoisotopic (exact) mass is 524 g/mol. The minimum absolute atomic E-state index is 0.0105. The lowest BCUT2D eigenvalue weighted by Crippen LogP contribution is -2.65. The number of hydrogen-bond acceptors (Lipinski definition) is 3. The molecule has 208 valence electrons. The smallest absolute Gasteiger partial charge is 0.0896 e. The first kappa shape index (κ1) is 25.0. The molecule has 5 fully saturated rings. The van der Waals surface area contributed by atoms with Crippen LogP contribution in [0, 0.1) is 45.3 Å². The SMILES string of the molecule is CC(C)C1=C2CC[C@]3(C)[C@H](CC[C@@H]4[C@H]5[C@H]6OC[C@@]5(CCC6(C)C)CC[C@]43C)[C@@]2(C)c2nc3ccccc3nc21. The molecule has 3 heteroatoms. The minimum Gasteiger partial charge on any atom is -0.377 e. The lowest BCUT2D eigenvalue weighted by molar-refractivity contribution is -0.198. The fourth-order valence-corrected chi connectivity index (χ4v) is 12.1. The summed E-state index contributed by atoms with van der Waals surface area (Å²) in [4.78, 5) is 10.8. The molecule has 2 heterocycles. The fourth-order valence-electron chi connectivity index (χ4n) is 12.1. The van der Waals surface area contributed by atoms with Crippen molar-refractivity contribution in [3.8, 4) is 0 Å². The van der Waals surface area contributed by atoms with E-state index in [0.717, 1.165) is 29.5 Å².